The smallest absolute Gasteiger partial charge is 0.337 e. The third-order valence-electron chi connectivity index (χ3n) is 2.34. The lowest BCUT2D eigenvalue weighted by molar-refractivity contribution is 0.0698. The second kappa shape index (κ2) is 5.26. The molecule has 0 aliphatic carbocycles. The Hall–Kier alpha value is -1.76. The third-order valence-corrected chi connectivity index (χ3v) is 3.06. The molecule has 0 spiro atoms. The maximum Gasteiger partial charge on any atom is 0.337 e. The van der Waals surface area contributed by atoms with Crippen LogP contribution < -0.4 is 10.5 Å². The molecule has 0 aromatic heterocycles. The molecule has 2 rings (SSSR count). The van der Waals surface area contributed by atoms with Gasteiger partial charge in [0.1, 0.15) is 5.75 Å². The Balaban J connectivity index is 2.32. The van der Waals surface area contributed by atoms with Gasteiger partial charge in [0.2, 0.25) is 0 Å². The highest BCUT2D eigenvalue weighted by Crippen LogP contribution is 2.30. The van der Waals surface area contributed by atoms with Gasteiger partial charge in [-0.1, -0.05) is 6.07 Å². The molecular weight excluding hydrogens is 345 g/mol. The number of para-hydroxylation sites is 1. The van der Waals surface area contributed by atoms with Gasteiger partial charge in [-0.15, -0.1) is 0 Å². The lowest BCUT2D eigenvalue weighted by atomic mass is 10.1. The van der Waals surface area contributed by atoms with Gasteiger partial charge in [-0.2, -0.15) is 0 Å². The van der Waals surface area contributed by atoms with E-state index in [-0.39, 0.29) is 11.3 Å². The van der Waals surface area contributed by atoms with Crippen molar-refractivity contribution in [2.24, 2.45) is 0 Å². The summed E-state index contributed by atoms with van der Waals surface area (Å²) in [5.41, 5.74) is 5.92. The molecule has 5 heteroatoms. The van der Waals surface area contributed by atoms with Crippen LogP contribution in [0.1, 0.15) is 10.4 Å². The summed E-state index contributed by atoms with van der Waals surface area (Å²) in [4.78, 5) is 10.9. The summed E-state index contributed by atoms with van der Waals surface area (Å²) < 4.78 is 6.65. The molecule has 0 bridgehead atoms. The van der Waals surface area contributed by atoms with E-state index in [0.29, 0.717) is 11.5 Å². The average Bonchev–Trinajstić information content (AvgIpc) is 2.34. The maximum absolute atomic E-state index is 10.9. The van der Waals surface area contributed by atoms with Crippen LogP contribution in [-0.2, 0) is 0 Å². The Morgan fingerprint density at radius 2 is 1.83 bits per heavy atom. The number of hydrogen-bond acceptors (Lipinski definition) is 3. The molecule has 0 unspecified atom stereocenters. The van der Waals surface area contributed by atoms with Crippen molar-refractivity contribution >= 4 is 34.2 Å². The Labute approximate surface area is 118 Å². The van der Waals surface area contributed by atoms with Crippen molar-refractivity contribution in [3.8, 4) is 11.5 Å². The number of aromatic carboxylic acids is 1. The molecule has 0 amide bonds. The van der Waals surface area contributed by atoms with Crippen LogP contribution in [0.2, 0.25) is 0 Å². The normalized spacial score (nSPS) is 10.1. The summed E-state index contributed by atoms with van der Waals surface area (Å²) in [7, 11) is 0. The van der Waals surface area contributed by atoms with Crippen LogP contribution in [0.15, 0.2) is 42.5 Å². The molecule has 2 aromatic rings. The summed E-state index contributed by atoms with van der Waals surface area (Å²) >= 11 is 2.19. The van der Waals surface area contributed by atoms with E-state index in [1.165, 1.54) is 6.07 Å². The second-order valence-electron chi connectivity index (χ2n) is 3.58. The zero-order valence-corrected chi connectivity index (χ0v) is 11.4. The fraction of sp³-hybridized carbons (Fsp3) is 0. The zero-order chi connectivity index (χ0) is 13.1. The monoisotopic (exact) mass is 355 g/mol. The van der Waals surface area contributed by atoms with Crippen molar-refractivity contribution in [2.45, 2.75) is 0 Å². The average molecular weight is 355 g/mol. The minimum Gasteiger partial charge on any atom is -0.478 e. The Bertz CT molecular complexity index is 581. The number of carbonyl (C=O) groups is 1. The molecule has 0 saturated heterocycles. The SMILES string of the molecule is Nc1c(Oc2ccc(I)cc2)cccc1C(=O)O. The van der Waals surface area contributed by atoms with E-state index in [9.17, 15) is 4.79 Å². The molecule has 0 aliphatic rings. The molecule has 0 saturated carbocycles. The lowest BCUT2D eigenvalue weighted by Crippen LogP contribution is -2.03. The molecule has 3 N–H and O–H groups in total. The quantitative estimate of drug-likeness (QED) is 0.654. The molecular formula is C13H10INO3. The predicted octanol–water partition coefficient (Wildman–Crippen LogP) is 3.36. The number of carboxylic acids is 1. The summed E-state index contributed by atoms with van der Waals surface area (Å²) in [5, 5.41) is 8.96. The number of hydrogen-bond donors (Lipinski definition) is 2. The molecule has 0 atom stereocenters. The van der Waals surface area contributed by atoms with E-state index in [4.69, 9.17) is 15.6 Å². The molecule has 92 valence electrons. The first-order valence-corrected chi connectivity index (χ1v) is 6.21. The molecule has 0 radical (unpaired) electrons. The van der Waals surface area contributed by atoms with Gasteiger partial charge in [0.25, 0.3) is 0 Å². The second-order valence-corrected chi connectivity index (χ2v) is 4.82. The van der Waals surface area contributed by atoms with Gasteiger partial charge in [0.15, 0.2) is 5.75 Å². The summed E-state index contributed by atoms with van der Waals surface area (Å²) in [6.07, 6.45) is 0. The first-order valence-electron chi connectivity index (χ1n) is 5.13. The van der Waals surface area contributed by atoms with Gasteiger partial charge in [0, 0.05) is 3.57 Å². The van der Waals surface area contributed by atoms with E-state index >= 15 is 0 Å². The largest absolute Gasteiger partial charge is 0.478 e. The van der Waals surface area contributed by atoms with Crippen LogP contribution >= 0.6 is 22.6 Å². The van der Waals surface area contributed by atoms with Gasteiger partial charge in [0.05, 0.1) is 11.3 Å². The van der Waals surface area contributed by atoms with E-state index < -0.39 is 5.97 Å². The number of anilines is 1. The molecule has 0 heterocycles. The van der Waals surface area contributed by atoms with Crippen molar-refractivity contribution in [2.75, 3.05) is 5.73 Å². The van der Waals surface area contributed by atoms with Crippen LogP contribution in [0.3, 0.4) is 0 Å². The highest BCUT2D eigenvalue weighted by molar-refractivity contribution is 14.1. The minimum absolute atomic E-state index is 0.0398. The highest BCUT2D eigenvalue weighted by Gasteiger charge is 2.12. The zero-order valence-electron chi connectivity index (χ0n) is 9.26. The Kier molecular flexibility index (Phi) is 3.71. The molecule has 4 nitrogen and oxygen atoms in total. The summed E-state index contributed by atoms with van der Waals surface area (Å²) in [5.74, 6) is -0.110. The van der Waals surface area contributed by atoms with Gasteiger partial charge in [-0.25, -0.2) is 4.79 Å². The van der Waals surface area contributed by atoms with Crippen LogP contribution in [0.5, 0.6) is 11.5 Å². The Morgan fingerprint density at radius 3 is 2.44 bits per heavy atom. The number of carboxylic acid groups (broad SMARTS) is 1. The number of nitrogen functional groups attached to an aromatic ring is 1. The first kappa shape index (κ1) is 12.7. The van der Waals surface area contributed by atoms with Gasteiger partial charge < -0.3 is 15.6 Å². The third kappa shape index (κ3) is 2.73. The van der Waals surface area contributed by atoms with E-state index in [2.05, 4.69) is 22.6 Å². The van der Waals surface area contributed by atoms with Crippen molar-refractivity contribution in [1.82, 2.24) is 0 Å². The number of halogens is 1. The number of rotatable bonds is 3. The fourth-order valence-corrected chi connectivity index (χ4v) is 1.81. The first-order chi connectivity index (χ1) is 8.58. The lowest BCUT2D eigenvalue weighted by Gasteiger charge is -2.10. The van der Waals surface area contributed by atoms with Gasteiger partial charge >= 0.3 is 5.97 Å². The topological polar surface area (TPSA) is 72.5 Å². The van der Waals surface area contributed by atoms with Crippen molar-refractivity contribution in [3.05, 3.63) is 51.6 Å². The summed E-state index contributed by atoms with van der Waals surface area (Å²) in [6, 6.07) is 12.1. The fourth-order valence-electron chi connectivity index (χ4n) is 1.45. The summed E-state index contributed by atoms with van der Waals surface area (Å²) in [6.45, 7) is 0. The van der Waals surface area contributed by atoms with Gasteiger partial charge in [-0.3, -0.25) is 0 Å². The molecule has 2 aromatic carbocycles. The molecule has 0 fully saturated rings. The van der Waals surface area contributed by atoms with Crippen LogP contribution in [0.25, 0.3) is 0 Å². The van der Waals surface area contributed by atoms with Crippen LogP contribution in [0, 0.1) is 3.57 Å². The predicted molar refractivity (Wildman–Crippen MR) is 77.0 cm³/mol. The van der Waals surface area contributed by atoms with E-state index in [1.54, 1.807) is 24.3 Å². The maximum atomic E-state index is 10.9. The number of ether oxygens (including phenoxy) is 1. The van der Waals surface area contributed by atoms with E-state index in [0.717, 1.165) is 3.57 Å². The highest BCUT2D eigenvalue weighted by atomic mass is 127. The standard InChI is InChI=1S/C13H10INO3/c14-8-4-6-9(7-5-8)18-11-3-1-2-10(12(11)15)13(16)17/h1-7H,15H2,(H,16,17). The number of benzene rings is 2. The number of nitrogens with two attached hydrogens (primary N) is 1. The van der Waals surface area contributed by atoms with Crippen LogP contribution in [-0.4, -0.2) is 11.1 Å². The Morgan fingerprint density at radius 1 is 1.17 bits per heavy atom. The van der Waals surface area contributed by atoms with Crippen LogP contribution in [0.4, 0.5) is 5.69 Å². The van der Waals surface area contributed by atoms with Crippen molar-refractivity contribution < 1.29 is 14.6 Å². The molecule has 0 aliphatic heterocycles. The van der Waals surface area contributed by atoms with Crippen molar-refractivity contribution in [3.63, 3.8) is 0 Å². The molecule has 18 heavy (non-hydrogen) atoms. The minimum atomic E-state index is -1.07. The van der Waals surface area contributed by atoms with E-state index in [1.807, 2.05) is 12.1 Å². The van der Waals surface area contributed by atoms with Crippen molar-refractivity contribution in [1.29, 1.82) is 0 Å². The van der Waals surface area contributed by atoms with Gasteiger partial charge in [-0.05, 0) is 59.0 Å².